The second-order valence-corrected chi connectivity index (χ2v) is 6.58. The van der Waals surface area contributed by atoms with Gasteiger partial charge in [0, 0.05) is 16.2 Å². The molecule has 0 bridgehead atoms. The van der Waals surface area contributed by atoms with E-state index in [1.807, 2.05) is 19.1 Å². The van der Waals surface area contributed by atoms with Gasteiger partial charge in [0.15, 0.2) is 11.2 Å². The molecular formula is C19H15BrN2O4. The van der Waals surface area contributed by atoms with Crippen LogP contribution in [0.15, 0.2) is 62.2 Å². The van der Waals surface area contributed by atoms with Crippen LogP contribution in [0.1, 0.15) is 16.1 Å². The number of para-hydroxylation sites is 1. The van der Waals surface area contributed by atoms with E-state index in [1.165, 1.54) is 0 Å². The molecule has 0 fully saturated rings. The number of carbonyl (C=O) groups is 2. The van der Waals surface area contributed by atoms with E-state index in [0.29, 0.717) is 16.7 Å². The largest absolute Gasteiger partial charge is 0.451 e. The zero-order valence-corrected chi connectivity index (χ0v) is 15.4. The second kappa shape index (κ2) is 7.53. The summed E-state index contributed by atoms with van der Waals surface area (Å²) in [6.45, 7) is 1.62. The second-order valence-electron chi connectivity index (χ2n) is 5.66. The Morgan fingerprint density at radius 1 is 1.12 bits per heavy atom. The lowest BCUT2D eigenvalue weighted by atomic mass is 10.2. The molecule has 0 unspecified atom stereocenters. The molecule has 0 radical (unpaired) electrons. The summed E-state index contributed by atoms with van der Waals surface area (Å²) in [7, 11) is 0. The highest BCUT2D eigenvalue weighted by Gasteiger charge is 2.13. The van der Waals surface area contributed by atoms with Gasteiger partial charge in [-0.2, -0.15) is 0 Å². The van der Waals surface area contributed by atoms with Crippen LogP contribution < -0.4 is 16.1 Å². The van der Waals surface area contributed by atoms with Crippen molar-refractivity contribution < 1.29 is 14.0 Å². The van der Waals surface area contributed by atoms with Crippen LogP contribution in [0.5, 0.6) is 0 Å². The van der Waals surface area contributed by atoms with E-state index in [2.05, 4.69) is 26.6 Å². The predicted octanol–water partition coefficient (Wildman–Crippen LogP) is 3.23. The third kappa shape index (κ3) is 4.00. The molecule has 0 saturated carbocycles. The number of benzene rings is 2. The number of aryl methyl sites for hydroxylation is 1. The zero-order valence-electron chi connectivity index (χ0n) is 13.8. The molecule has 0 spiro atoms. The Morgan fingerprint density at radius 3 is 2.65 bits per heavy atom. The maximum atomic E-state index is 12.2. The van der Waals surface area contributed by atoms with Crippen molar-refractivity contribution in [1.29, 1.82) is 0 Å². The van der Waals surface area contributed by atoms with Gasteiger partial charge in [0.1, 0.15) is 5.58 Å². The molecule has 3 rings (SSSR count). The summed E-state index contributed by atoms with van der Waals surface area (Å²) in [4.78, 5) is 36.2. The number of anilines is 1. The van der Waals surface area contributed by atoms with Crippen molar-refractivity contribution in [2.24, 2.45) is 0 Å². The molecule has 0 aliphatic rings. The van der Waals surface area contributed by atoms with Crippen LogP contribution in [0, 0.1) is 6.92 Å². The van der Waals surface area contributed by atoms with Gasteiger partial charge in [0.05, 0.1) is 11.9 Å². The van der Waals surface area contributed by atoms with Crippen molar-refractivity contribution in [1.82, 2.24) is 5.32 Å². The van der Waals surface area contributed by atoms with Gasteiger partial charge in [-0.3, -0.25) is 14.4 Å². The Morgan fingerprint density at radius 2 is 1.88 bits per heavy atom. The summed E-state index contributed by atoms with van der Waals surface area (Å²) < 4.78 is 6.35. The average molecular weight is 415 g/mol. The summed E-state index contributed by atoms with van der Waals surface area (Å²) in [5.41, 5.74) is 1.55. The van der Waals surface area contributed by atoms with E-state index in [-0.39, 0.29) is 23.6 Å². The van der Waals surface area contributed by atoms with Crippen molar-refractivity contribution in [2.75, 3.05) is 11.9 Å². The highest BCUT2D eigenvalue weighted by molar-refractivity contribution is 9.10. The lowest BCUT2D eigenvalue weighted by Crippen LogP contribution is -2.33. The third-order valence-corrected chi connectivity index (χ3v) is 4.22. The van der Waals surface area contributed by atoms with Gasteiger partial charge in [-0.1, -0.05) is 28.1 Å². The van der Waals surface area contributed by atoms with Gasteiger partial charge in [-0.25, -0.2) is 0 Å². The van der Waals surface area contributed by atoms with Crippen molar-refractivity contribution in [2.45, 2.75) is 6.92 Å². The monoisotopic (exact) mass is 414 g/mol. The maximum Gasteiger partial charge on any atom is 0.287 e. The first-order chi connectivity index (χ1) is 12.4. The summed E-state index contributed by atoms with van der Waals surface area (Å²) in [5.74, 6) is -1.15. The van der Waals surface area contributed by atoms with Gasteiger partial charge in [0.25, 0.3) is 5.91 Å². The van der Waals surface area contributed by atoms with Crippen LogP contribution in [0.3, 0.4) is 0 Å². The van der Waals surface area contributed by atoms with Crippen LogP contribution in [0.2, 0.25) is 0 Å². The normalized spacial score (nSPS) is 10.5. The molecule has 7 heteroatoms. The van der Waals surface area contributed by atoms with Gasteiger partial charge in [-0.05, 0) is 42.8 Å². The molecule has 1 aromatic heterocycles. The fourth-order valence-corrected chi connectivity index (χ4v) is 2.90. The number of nitrogens with one attached hydrogen (secondary N) is 2. The summed E-state index contributed by atoms with van der Waals surface area (Å²) in [6, 6.07) is 13.2. The number of amides is 2. The van der Waals surface area contributed by atoms with Gasteiger partial charge in [-0.15, -0.1) is 0 Å². The van der Waals surface area contributed by atoms with Crippen LogP contribution in [-0.4, -0.2) is 18.4 Å². The van der Waals surface area contributed by atoms with Crippen LogP contribution in [0.4, 0.5) is 5.69 Å². The Bertz CT molecular complexity index is 1060. The first kappa shape index (κ1) is 17.9. The lowest BCUT2D eigenvalue weighted by molar-refractivity contribution is -0.115. The van der Waals surface area contributed by atoms with Crippen molar-refractivity contribution >= 4 is 44.4 Å². The summed E-state index contributed by atoms with van der Waals surface area (Å²) in [5, 5.41) is 5.56. The number of hydrogen-bond acceptors (Lipinski definition) is 4. The van der Waals surface area contributed by atoms with Crippen LogP contribution >= 0.6 is 15.9 Å². The molecule has 2 N–H and O–H groups in total. The fraction of sp³-hybridized carbons (Fsp3) is 0.105. The molecule has 1 heterocycles. The minimum Gasteiger partial charge on any atom is -0.451 e. The Labute approximate surface area is 157 Å². The smallest absolute Gasteiger partial charge is 0.287 e. The molecule has 2 aromatic carbocycles. The zero-order chi connectivity index (χ0) is 18.7. The molecule has 0 aliphatic heterocycles. The van der Waals surface area contributed by atoms with E-state index in [9.17, 15) is 14.4 Å². The van der Waals surface area contributed by atoms with Gasteiger partial charge in [0.2, 0.25) is 5.91 Å². The summed E-state index contributed by atoms with van der Waals surface area (Å²) in [6.07, 6.45) is 0. The van der Waals surface area contributed by atoms with E-state index >= 15 is 0 Å². The van der Waals surface area contributed by atoms with Crippen molar-refractivity contribution in [3.63, 3.8) is 0 Å². The molecule has 26 heavy (non-hydrogen) atoms. The van der Waals surface area contributed by atoms with Gasteiger partial charge >= 0.3 is 0 Å². The van der Waals surface area contributed by atoms with Gasteiger partial charge < -0.3 is 15.1 Å². The topological polar surface area (TPSA) is 88.4 Å². The van der Waals surface area contributed by atoms with Crippen molar-refractivity contribution in [3.8, 4) is 0 Å². The number of rotatable bonds is 4. The van der Waals surface area contributed by atoms with Crippen LogP contribution in [-0.2, 0) is 4.79 Å². The molecule has 132 valence electrons. The average Bonchev–Trinajstić information content (AvgIpc) is 2.62. The highest BCUT2D eigenvalue weighted by atomic mass is 79.9. The highest BCUT2D eigenvalue weighted by Crippen LogP contribution is 2.19. The molecule has 3 aromatic rings. The maximum absolute atomic E-state index is 12.2. The first-order valence-electron chi connectivity index (χ1n) is 7.81. The van der Waals surface area contributed by atoms with E-state index in [0.717, 1.165) is 16.1 Å². The molecule has 0 saturated heterocycles. The Hall–Kier alpha value is -2.93. The number of fused-ring (bicyclic) bond motifs is 1. The minimum atomic E-state index is -0.629. The lowest BCUT2D eigenvalue weighted by Gasteiger charge is -2.09. The predicted molar refractivity (Wildman–Crippen MR) is 102 cm³/mol. The molecular weight excluding hydrogens is 400 g/mol. The Kier molecular flexibility index (Phi) is 5.18. The third-order valence-electron chi connectivity index (χ3n) is 3.73. The van der Waals surface area contributed by atoms with Crippen LogP contribution in [0.25, 0.3) is 11.0 Å². The molecule has 6 nitrogen and oxygen atoms in total. The van der Waals surface area contributed by atoms with E-state index < -0.39 is 5.91 Å². The quantitative estimate of drug-likeness (QED) is 0.685. The van der Waals surface area contributed by atoms with E-state index in [1.54, 1.807) is 30.3 Å². The Balaban J connectivity index is 1.67. The molecule has 0 aliphatic carbocycles. The first-order valence-corrected chi connectivity index (χ1v) is 8.60. The fourth-order valence-electron chi connectivity index (χ4n) is 2.43. The minimum absolute atomic E-state index is 0.138. The standard InChI is InChI=1S/C19H15BrN2O4/c1-11-8-12(20)6-7-14(11)22-18(24)10-21-19(25)17-9-15(23)13-4-2-3-5-16(13)26-17/h2-9H,10H2,1H3,(H,21,25)(H,22,24). The summed E-state index contributed by atoms with van der Waals surface area (Å²) >= 11 is 3.36. The SMILES string of the molecule is Cc1cc(Br)ccc1NC(=O)CNC(=O)c1cc(=O)c2ccccc2o1. The molecule has 0 atom stereocenters. The number of carbonyl (C=O) groups excluding carboxylic acids is 2. The number of halogens is 1. The van der Waals surface area contributed by atoms with Crippen molar-refractivity contribution in [3.05, 3.63) is 74.6 Å². The number of hydrogen-bond donors (Lipinski definition) is 2. The van der Waals surface area contributed by atoms with E-state index in [4.69, 9.17) is 4.42 Å². The molecule has 2 amide bonds.